The second-order valence-corrected chi connectivity index (χ2v) is 9.25. The molecule has 2 aliphatic heterocycles. The lowest BCUT2D eigenvalue weighted by molar-refractivity contribution is -0.127. The third-order valence-electron chi connectivity index (χ3n) is 6.80. The van der Waals surface area contributed by atoms with E-state index in [1.54, 1.807) is 19.0 Å². The highest BCUT2D eigenvalue weighted by Gasteiger charge is 2.36. The number of likely N-dealkylation sites (tertiary alicyclic amines) is 1. The fourth-order valence-corrected chi connectivity index (χ4v) is 4.98. The number of morpholine rings is 1. The number of hydrogen-bond donors (Lipinski definition) is 1. The number of rotatable bonds is 5. The topological polar surface area (TPSA) is 60.4 Å². The fraction of sp³-hybridized carbons (Fsp3) is 0.909. The summed E-state index contributed by atoms with van der Waals surface area (Å²) in [6.07, 6.45) is 10.8. The quantitative estimate of drug-likeness (QED) is 0.556. The number of piperidine rings is 1. The molecule has 2 saturated heterocycles. The van der Waals surface area contributed by atoms with Crippen molar-refractivity contribution in [1.82, 2.24) is 20.0 Å². The van der Waals surface area contributed by atoms with E-state index in [2.05, 4.69) is 15.1 Å². The molecule has 7 nitrogen and oxygen atoms in total. The molecule has 7 heteroatoms. The molecule has 1 saturated carbocycles. The van der Waals surface area contributed by atoms with Gasteiger partial charge in [-0.25, -0.2) is 4.99 Å². The van der Waals surface area contributed by atoms with Gasteiger partial charge in [-0.05, 0) is 31.1 Å². The maximum absolute atomic E-state index is 12.1. The summed E-state index contributed by atoms with van der Waals surface area (Å²) in [6, 6.07) is 0. The SMILES string of the molecule is CN(C)C(=O)CN=C(NCCN1CCOCC1)N1CCCC2(CCCCCC2)C1. The Kier molecular flexibility index (Phi) is 8.60. The number of ether oxygens (including phenoxy) is 1. The van der Waals surface area contributed by atoms with Crippen molar-refractivity contribution in [2.24, 2.45) is 10.4 Å². The summed E-state index contributed by atoms with van der Waals surface area (Å²) >= 11 is 0. The van der Waals surface area contributed by atoms with Crippen molar-refractivity contribution in [1.29, 1.82) is 0 Å². The molecule has 0 atom stereocenters. The van der Waals surface area contributed by atoms with Crippen LogP contribution in [0.2, 0.25) is 0 Å². The minimum absolute atomic E-state index is 0.0543. The second-order valence-electron chi connectivity index (χ2n) is 9.25. The first-order valence-corrected chi connectivity index (χ1v) is 11.6. The Labute approximate surface area is 176 Å². The van der Waals surface area contributed by atoms with Crippen molar-refractivity contribution >= 4 is 11.9 Å². The number of aliphatic imine (C=N–C) groups is 1. The van der Waals surface area contributed by atoms with Crippen LogP contribution in [0.15, 0.2) is 4.99 Å². The van der Waals surface area contributed by atoms with Crippen LogP contribution in [-0.2, 0) is 9.53 Å². The standard InChI is InChI=1S/C22H41N5O2/c1-25(2)20(28)18-24-21(23-11-13-26-14-16-29-17-15-26)27-12-7-10-22(19-27)8-5-3-4-6-9-22/h3-19H2,1-2H3,(H,23,24). The third-order valence-corrected chi connectivity index (χ3v) is 6.80. The van der Waals surface area contributed by atoms with Gasteiger partial charge in [0.05, 0.1) is 13.2 Å². The van der Waals surface area contributed by atoms with Gasteiger partial charge in [0.1, 0.15) is 6.54 Å². The number of carbonyl (C=O) groups is 1. The summed E-state index contributed by atoms with van der Waals surface area (Å²) in [6.45, 7) is 7.85. The van der Waals surface area contributed by atoms with Crippen LogP contribution < -0.4 is 5.32 Å². The Morgan fingerprint density at radius 3 is 2.41 bits per heavy atom. The normalized spacial score (nSPS) is 23.7. The molecule has 3 aliphatic rings. The summed E-state index contributed by atoms with van der Waals surface area (Å²) in [5.74, 6) is 0.982. The van der Waals surface area contributed by atoms with Gasteiger partial charge in [-0.3, -0.25) is 9.69 Å². The van der Waals surface area contributed by atoms with Gasteiger partial charge in [0.25, 0.3) is 0 Å². The average Bonchev–Trinajstić information content (AvgIpc) is 2.96. The minimum atomic E-state index is 0.0543. The van der Waals surface area contributed by atoms with Crippen LogP contribution in [0, 0.1) is 5.41 Å². The van der Waals surface area contributed by atoms with E-state index in [0.29, 0.717) is 5.41 Å². The highest BCUT2D eigenvalue weighted by molar-refractivity contribution is 5.85. The molecule has 1 spiro atoms. The zero-order valence-corrected chi connectivity index (χ0v) is 18.6. The van der Waals surface area contributed by atoms with E-state index in [1.165, 1.54) is 51.4 Å². The van der Waals surface area contributed by atoms with Crippen molar-refractivity contribution in [2.45, 2.75) is 51.4 Å². The Morgan fingerprint density at radius 2 is 1.72 bits per heavy atom. The van der Waals surface area contributed by atoms with Crippen LogP contribution in [0.5, 0.6) is 0 Å². The third kappa shape index (κ3) is 6.85. The number of guanidine groups is 1. The Bertz CT molecular complexity index is 537. The Hall–Kier alpha value is -1.34. The summed E-state index contributed by atoms with van der Waals surface area (Å²) in [7, 11) is 3.59. The van der Waals surface area contributed by atoms with Crippen LogP contribution in [0.3, 0.4) is 0 Å². The van der Waals surface area contributed by atoms with E-state index in [9.17, 15) is 4.79 Å². The van der Waals surface area contributed by atoms with Crippen molar-refractivity contribution < 1.29 is 9.53 Å². The number of likely N-dealkylation sites (N-methyl/N-ethyl adjacent to an activating group) is 1. The van der Waals surface area contributed by atoms with Crippen molar-refractivity contribution in [3.63, 3.8) is 0 Å². The lowest BCUT2D eigenvalue weighted by Crippen LogP contribution is -2.52. The van der Waals surface area contributed by atoms with Gasteiger partial charge in [-0.15, -0.1) is 0 Å². The van der Waals surface area contributed by atoms with Gasteiger partial charge in [0.2, 0.25) is 5.91 Å². The van der Waals surface area contributed by atoms with Crippen molar-refractivity contribution in [3.8, 4) is 0 Å². The minimum Gasteiger partial charge on any atom is -0.379 e. The Morgan fingerprint density at radius 1 is 1.03 bits per heavy atom. The first-order chi connectivity index (χ1) is 14.1. The van der Waals surface area contributed by atoms with Crippen LogP contribution in [0.25, 0.3) is 0 Å². The molecule has 0 radical (unpaired) electrons. The Balaban J connectivity index is 1.62. The number of nitrogens with one attached hydrogen (secondary N) is 1. The molecule has 1 amide bonds. The van der Waals surface area contributed by atoms with Crippen molar-refractivity contribution in [2.75, 3.05) is 73.1 Å². The first kappa shape index (κ1) is 22.3. The van der Waals surface area contributed by atoms with E-state index >= 15 is 0 Å². The number of amides is 1. The molecule has 166 valence electrons. The molecule has 0 unspecified atom stereocenters. The zero-order chi connectivity index (χ0) is 20.5. The maximum atomic E-state index is 12.1. The van der Waals surface area contributed by atoms with E-state index in [-0.39, 0.29) is 12.5 Å². The monoisotopic (exact) mass is 407 g/mol. The summed E-state index contributed by atoms with van der Waals surface area (Å²) in [5, 5.41) is 3.59. The molecule has 0 bridgehead atoms. The molecule has 0 aromatic carbocycles. The van der Waals surface area contributed by atoms with Gasteiger partial charge in [-0.1, -0.05) is 25.7 Å². The summed E-state index contributed by atoms with van der Waals surface area (Å²) in [5.41, 5.74) is 0.451. The molecule has 3 rings (SSSR count). The van der Waals surface area contributed by atoms with Crippen LogP contribution in [0.1, 0.15) is 51.4 Å². The van der Waals surface area contributed by atoms with Crippen LogP contribution in [-0.4, -0.2) is 99.7 Å². The molecule has 0 aromatic rings. The molecule has 1 aliphatic carbocycles. The molecule has 1 N–H and O–H groups in total. The lowest BCUT2D eigenvalue weighted by Gasteiger charge is -2.44. The van der Waals surface area contributed by atoms with E-state index < -0.39 is 0 Å². The highest BCUT2D eigenvalue weighted by atomic mass is 16.5. The molecule has 3 fully saturated rings. The first-order valence-electron chi connectivity index (χ1n) is 11.6. The van der Waals surface area contributed by atoms with E-state index in [1.807, 2.05) is 0 Å². The molecule has 29 heavy (non-hydrogen) atoms. The summed E-state index contributed by atoms with van der Waals surface area (Å²) in [4.78, 5) is 23.4. The predicted molar refractivity (Wildman–Crippen MR) is 117 cm³/mol. The number of nitrogens with zero attached hydrogens (tertiary/aromatic N) is 4. The van der Waals surface area contributed by atoms with Gasteiger partial charge >= 0.3 is 0 Å². The van der Waals surface area contributed by atoms with Crippen molar-refractivity contribution in [3.05, 3.63) is 0 Å². The van der Waals surface area contributed by atoms with Crippen LogP contribution in [0.4, 0.5) is 0 Å². The van der Waals surface area contributed by atoms with Crippen LogP contribution >= 0.6 is 0 Å². The van der Waals surface area contributed by atoms with Gasteiger partial charge in [-0.2, -0.15) is 0 Å². The lowest BCUT2D eigenvalue weighted by atomic mass is 9.74. The summed E-state index contributed by atoms with van der Waals surface area (Å²) < 4.78 is 5.45. The zero-order valence-electron chi connectivity index (χ0n) is 18.6. The smallest absolute Gasteiger partial charge is 0.243 e. The molecule has 2 heterocycles. The molecular weight excluding hydrogens is 366 g/mol. The molecule has 0 aromatic heterocycles. The number of carbonyl (C=O) groups excluding carboxylic acids is 1. The maximum Gasteiger partial charge on any atom is 0.243 e. The molecular formula is C22H41N5O2. The van der Waals surface area contributed by atoms with Gasteiger partial charge in [0, 0.05) is 53.4 Å². The second kappa shape index (κ2) is 11.2. The largest absolute Gasteiger partial charge is 0.379 e. The predicted octanol–water partition coefficient (Wildman–Crippen LogP) is 1.79. The fourth-order valence-electron chi connectivity index (χ4n) is 4.98. The van der Waals surface area contributed by atoms with Gasteiger partial charge in [0.15, 0.2) is 5.96 Å². The van der Waals surface area contributed by atoms with Gasteiger partial charge < -0.3 is 19.9 Å². The van der Waals surface area contributed by atoms with E-state index in [4.69, 9.17) is 9.73 Å². The van der Waals surface area contributed by atoms with E-state index in [0.717, 1.165) is 58.4 Å². The number of hydrogen-bond acceptors (Lipinski definition) is 4. The average molecular weight is 408 g/mol. The highest BCUT2D eigenvalue weighted by Crippen LogP contribution is 2.42.